The molecule has 2 N–H and O–H groups in total. The second-order valence-corrected chi connectivity index (χ2v) is 5.69. The normalized spacial score (nSPS) is 10.5. The molecule has 0 atom stereocenters. The second-order valence-electron chi connectivity index (χ2n) is 4.77. The van der Waals surface area contributed by atoms with E-state index in [1.807, 2.05) is 42.5 Å². The Bertz CT molecular complexity index is 590. The summed E-state index contributed by atoms with van der Waals surface area (Å²) < 4.78 is 12.3. The Labute approximate surface area is 139 Å². The van der Waals surface area contributed by atoms with E-state index in [-0.39, 0.29) is 6.61 Å². The van der Waals surface area contributed by atoms with E-state index in [4.69, 9.17) is 14.6 Å². The molecule has 0 aliphatic heterocycles. The first-order valence-electron chi connectivity index (χ1n) is 7.09. The highest BCUT2D eigenvalue weighted by Crippen LogP contribution is 2.35. The van der Waals surface area contributed by atoms with Crippen LogP contribution >= 0.6 is 15.9 Å². The van der Waals surface area contributed by atoms with Crippen LogP contribution in [0.5, 0.6) is 11.5 Å². The van der Waals surface area contributed by atoms with Gasteiger partial charge in [-0.1, -0.05) is 46.3 Å². The summed E-state index contributed by atoms with van der Waals surface area (Å²) in [7, 11) is 1.63. The Hall–Kier alpha value is -1.56. The van der Waals surface area contributed by atoms with Gasteiger partial charge >= 0.3 is 0 Å². The molecule has 0 bridgehead atoms. The maximum atomic E-state index is 8.89. The fourth-order valence-corrected chi connectivity index (χ4v) is 2.59. The van der Waals surface area contributed by atoms with Gasteiger partial charge in [-0.2, -0.15) is 0 Å². The van der Waals surface area contributed by atoms with E-state index in [1.54, 1.807) is 7.11 Å². The van der Waals surface area contributed by atoms with Gasteiger partial charge in [0, 0.05) is 23.1 Å². The van der Waals surface area contributed by atoms with Crippen molar-refractivity contribution >= 4 is 15.9 Å². The summed E-state index contributed by atoms with van der Waals surface area (Å²) in [4.78, 5) is 0. The molecule has 2 aromatic rings. The minimum Gasteiger partial charge on any atom is -0.493 e. The van der Waals surface area contributed by atoms with E-state index in [2.05, 4.69) is 21.2 Å². The summed E-state index contributed by atoms with van der Waals surface area (Å²) in [5.41, 5.74) is 2.08. The van der Waals surface area contributed by atoms with Gasteiger partial charge in [0.2, 0.25) is 0 Å². The highest BCUT2D eigenvalue weighted by Gasteiger charge is 2.13. The van der Waals surface area contributed by atoms with E-state index in [9.17, 15) is 0 Å². The van der Waals surface area contributed by atoms with Crippen molar-refractivity contribution in [1.82, 2.24) is 5.32 Å². The monoisotopic (exact) mass is 365 g/mol. The molecule has 0 aliphatic carbocycles. The van der Waals surface area contributed by atoms with Gasteiger partial charge in [0.15, 0.2) is 11.5 Å². The zero-order chi connectivity index (χ0) is 15.8. The third-order valence-electron chi connectivity index (χ3n) is 3.15. The van der Waals surface area contributed by atoms with E-state index in [1.165, 1.54) is 0 Å². The van der Waals surface area contributed by atoms with Crippen LogP contribution in [-0.2, 0) is 13.2 Å². The van der Waals surface area contributed by atoms with E-state index in [0.717, 1.165) is 21.3 Å². The molecule has 118 valence electrons. The van der Waals surface area contributed by atoms with Crippen LogP contribution in [0.25, 0.3) is 0 Å². The molecule has 0 amide bonds. The largest absolute Gasteiger partial charge is 0.493 e. The Morgan fingerprint density at radius 3 is 2.64 bits per heavy atom. The van der Waals surface area contributed by atoms with E-state index >= 15 is 0 Å². The van der Waals surface area contributed by atoms with Crippen molar-refractivity contribution in [3.63, 3.8) is 0 Å². The fourth-order valence-electron chi connectivity index (χ4n) is 2.10. The highest BCUT2D eigenvalue weighted by atomic mass is 79.9. The quantitative estimate of drug-likeness (QED) is 0.705. The molecular formula is C17H20BrNO3. The lowest BCUT2D eigenvalue weighted by atomic mass is 10.1. The zero-order valence-electron chi connectivity index (χ0n) is 12.5. The number of ether oxygens (including phenoxy) is 2. The minimum absolute atomic E-state index is 0.103. The molecular weight excluding hydrogens is 346 g/mol. The standard InChI is InChI=1S/C17H20BrNO3/c1-21-16-10-15(18)9-14(11-19-7-8-20)17(16)22-12-13-5-3-2-4-6-13/h2-6,9-10,19-20H,7-8,11-12H2,1H3. The number of methoxy groups -OCH3 is 1. The number of aliphatic hydroxyl groups excluding tert-OH is 1. The van der Waals surface area contributed by atoms with Gasteiger partial charge in [0.1, 0.15) is 6.61 Å². The maximum absolute atomic E-state index is 8.89. The Kier molecular flexibility index (Phi) is 6.71. The predicted octanol–water partition coefficient (Wildman–Crippen LogP) is 3.12. The molecule has 4 nitrogen and oxygen atoms in total. The number of halogens is 1. The average molecular weight is 366 g/mol. The van der Waals surface area contributed by atoms with Gasteiger partial charge in [-0.3, -0.25) is 0 Å². The van der Waals surface area contributed by atoms with Crippen molar-refractivity contribution in [3.05, 3.63) is 58.1 Å². The van der Waals surface area contributed by atoms with Gasteiger partial charge in [0.05, 0.1) is 13.7 Å². The first-order valence-corrected chi connectivity index (χ1v) is 7.88. The summed E-state index contributed by atoms with van der Waals surface area (Å²) >= 11 is 3.48. The molecule has 2 aromatic carbocycles. The number of nitrogens with one attached hydrogen (secondary N) is 1. The van der Waals surface area contributed by atoms with Crippen LogP contribution in [-0.4, -0.2) is 25.4 Å². The molecule has 0 aliphatic rings. The smallest absolute Gasteiger partial charge is 0.166 e. The lowest BCUT2D eigenvalue weighted by Gasteiger charge is -2.16. The van der Waals surface area contributed by atoms with Gasteiger partial charge in [-0.25, -0.2) is 0 Å². The van der Waals surface area contributed by atoms with Crippen molar-refractivity contribution in [3.8, 4) is 11.5 Å². The lowest BCUT2D eigenvalue weighted by molar-refractivity contribution is 0.277. The topological polar surface area (TPSA) is 50.7 Å². The van der Waals surface area contributed by atoms with Gasteiger partial charge in [-0.05, 0) is 17.7 Å². The molecule has 0 spiro atoms. The van der Waals surface area contributed by atoms with Crippen molar-refractivity contribution < 1.29 is 14.6 Å². The summed E-state index contributed by atoms with van der Waals surface area (Å²) in [5, 5.41) is 12.1. The Morgan fingerprint density at radius 1 is 1.18 bits per heavy atom. The molecule has 0 radical (unpaired) electrons. The van der Waals surface area contributed by atoms with Crippen LogP contribution in [0.3, 0.4) is 0 Å². The van der Waals surface area contributed by atoms with Crippen LogP contribution < -0.4 is 14.8 Å². The fraction of sp³-hybridized carbons (Fsp3) is 0.294. The SMILES string of the molecule is COc1cc(Br)cc(CNCCO)c1OCc1ccccc1. The van der Waals surface area contributed by atoms with E-state index in [0.29, 0.717) is 25.4 Å². The van der Waals surface area contributed by atoms with Gasteiger partial charge in [-0.15, -0.1) is 0 Å². The number of rotatable bonds is 8. The van der Waals surface area contributed by atoms with Crippen LogP contribution in [0.2, 0.25) is 0 Å². The Morgan fingerprint density at radius 2 is 1.95 bits per heavy atom. The molecule has 0 saturated heterocycles. The molecule has 22 heavy (non-hydrogen) atoms. The number of benzene rings is 2. The lowest BCUT2D eigenvalue weighted by Crippen LogP contribution is -2.18. The third kappa shape index (κ3) is 4.73. The highest BCUT2D eigenvalue weighted by molar-refractivity contribution is 9.10. The first kappa shape index (κ1) is 16.8. The number of aliphatic hydroxyl groups is 1. The zero-order valence-corrected chi connectivity index (χ0v) is 14.1. The molecule has 2 rings (SSSR count). The second kappa shape index (κ2) is 8.78. The summed E-state index contributed by atoms with van der Waals surface area (Å²) in [6.45, 7) is 1.71. The van der Waals surface area contributed by atoms with Crippen LogP contribution in [0.15, 0.2) is 46.9 Å². The Balaban J connectivity index is 2.18. The number of hydrogen-bond donors (Lipinski definition) is 2. The maximum Gasteiger partial charge on any atom is 0.166 e. The third-order valence-corrected chi connectivity index (χ3v) is 3.60. The molecule has 5 heteroatoms. The summed E-state index contributed by atoms with van der Waals surface area (Å²) in [6.07, 6.45) is 0. The van der Waals surface area contributed by atoms with Crippen LogP contribution in [0.4, 0.5) is 0 Å². The van der Waals surface area contributed by atoms with Gasteiger partial charge < -0.3 is 19.9 Å². The van der Waals surface area contributed by atoms with Crippen molar-refractivity contribution in [2.24, 2.45) is 0 Å². The van der Waals surface area contributed by atoms with Crippen molar-refractivity contribution in [1.29, 1.82) is 0 Å². The minimum atomic E-state index is 0.103. The molecule has 0 saturated carbocycles. The predicted molar refractivity (Wildman–Crippen MR) is 90.3 cm³/mol. The molecule has 0 aromatic heterocycles. The van der Waals surface area contributed by atoms with Crippen LogP contribution in [0.1, 0.15) is 11.1 Å². The van der Waals surface area contributed by atoms with Gasteiger partial charge in [0.25, 0.3) is 0 Å². The van der Waals surface area contributed by atoms with Crippen molar-refractivity contribution in [2.75, 3.05) is 20.3 Å². The average Bonchev–Trinajstić information content (AvgIpc) is 2.54. The molecule has 0 unspecified atom stereocenters. The molecule has 0 fully saturated rings. The van der Waals surface area contributed by atoms with E-state index < -0.39 is 0 Å². The summed E-state index contributed by atoms with van der Waals surface area (Å²) in [5.74, 6) is 1.41. The first-order chi connectivity index (χ1) is 10.7. The summed E-state index contributed by atoms with van der Waals surface area (Å²) in [6, 6.07) is 13.9. The molecule has 0 heterocycles. The van der Waals surface area contributed by atoms with Crippen LogP contribution in [0, 0.1) is 0 Å². The number of hydrogen-bond acceptors (Lipinski definition) is 4. The van der Waals surface area contributed by atoms with Crippen molar-refractivity contribution in [2.45, 2.75) is 13.2 Å².